The van der Waals surface area contributed by atoms with Gasteiger partial charge in [0.15, 0.2) is 0 Å². The molecule has 0 bridgehead atoms. The molecule has 126 valence electrons. The van der Waals surface area contributed by atoms with Gasteiger partial charge in [-0.15, -0.1) is 0 Å². The maximum atomic E-state index is 12.8. The van der Waals surface area contributed by atoms with E-state index in [9.17, 15) is 4.79 Å². The molecule has 1 aliphatic heterocycles. The molecule has 2 fully saturated rings. The second kappa shape index (κ2) is 6.33. The SMILES string of the molecule is CC1(C)CN(C(=O)[C@H]2CCC[C@@H]2N)CCN1c1ccc(Cl)cc1. The Balaban J connectivity index is 1.72. The van der Waals surface area contributed by atoms with Gasteiger partial charge in [-0.25, -0.2) is 0 Å². The van der Waals surface area contributed by atoms with Crippen LogP contribution in [0.5, 0.6) is 0 Å². The van der Waals surface area contributed by atoms with E-state index >= 15 is 0 Å². The molecule has 1 aliphatic carbocycles. The maximum absolute atomic E-state index is 12.8. The van der Waals surface area contributed by atoms with Crippen LogP contribution in [0.4, 0.5) is 5.69 Å². The lowest BCUT2D eigenvalue weighted by Crippen LogP contribution is -2.62. The van der Waals surface area contributed by atoms with Crippen molar-refractivity contribution in [2.45, 2.75) is 44.7 Å². The first-order chi connectivity index (χ1) is 10.9. The van der Waals surface area contributed by atoms with Gasteiger partial charge in [-0.05, 0) is 51.0 Å². The molecule has 0 radical (unpaired) electrons. The summed E-state index contributed by atoms with van der Waals surface area (Å²) in [5, 5.41) is 0.746. The average molecular weight is 336 g/mol. The highest BCUT2D eigenvalue weighted by molar-refractivity contribution is 6.30. The summed E-state index contributed by atoms with van der Waals surface area (Å²) >= 11 is 5.99. The summed E-state index contributed by atoms with van der Waals surface area (Å²) in [4.78, 5) is 17.2. The van der Waals surface area contributed by atoms with Crippen LogP contribution >= 0.6 is 11.6 Å². The summed E-state index contributed by atoms with van der Waals surface area (Å²) < 4.78 is 0. The fraction of sp³-hybridized carbons (Fsp3) is 0.611. The minimum atomic E-state index is -0.107. The van der Waals surface area contributed by atoms with Crippen LogP contribution in [0, 0.1) is 5.92 Å². The molecule has 1 saturated heterocycles. The van der Waals surface area contributed by atoms with Gasteiger partial charge in [0.05, 0.1) is 11.5 Å². The van der Waals surface area contributed by atoms with E-state index in [4.69, 9.17) is 17.3 Å². The number of halogens is 1. The van der Waals surface area contributed by atoms with Crippen LogP contribution in [0.2, 0.25) is 5.02 Å². The first-order valence-electron chi connectivity index (χ1n) is 8.46. The van der Waals surface area contributed by atoms with Gasteiger partial charge >= 0.3 is 0 Å². The largest absolute Gasteiger partial charge is 0.363 e. The fourth-order valence-corrected chi connectivity index (χ4v) is 4.10. The molecular formula is C18H26ClN3O. The number of benzene rings is 1. The average Bonchev–Trinajstić information content (AvgIpc) is 2.93. The van der Waals surface area contributed by atoms with Gasteiger partial charge in [0.25, 0.3) is 0 Å². The van der Waals surface area contributed by atoms with Crippen molar-refractivity contribution in [2.24, 2.45) is 11.7 Å². The van der Waals surface area contributed by atoms with Gasteiger partial charge in [0.1, 0.15) is 0 Å². The summed E-state index contributed by atoms with van der Waals surface area (Å²) in [6, 6.07) is 7.98. The number of piperazine rings is 1. The highest BCUT2D eigenvalue weighted by atomic mass is 35.5. The molecule has 1 saturated carbocycles. The second-order valence-corrected chi connectivity index (χ2v) is 7.84. The molecule has 23 heavy (non-hydrogen) atoms. The van der Waals surface area contributed by atoms with Crippen molar-refractivity contribution in [1.82, 2.24) is 4.90 Å². The van der Waals surface area contributed by atoms with Crippen molar-refractivity contribution in [1.29, 1.82) is 0 Å². The van der Waals surface area contributed by atoms with Crippen molar-refractivity contribution >= 4 is 23.2 Å². The molecule has 1 amide bonds. The van der Waals surface area contributed by atoms with Crippen molar-refractivity contribution in [2.75, 3.05) is 24.5 Å². The summed E-state index contributed by atoms with van der Waals surface area (Å²) in [5.41, 5.74) is 7.17. The first-order valence-corrected chi connectivity index (χ1v) is 8.84. The molecule has 2 N–H and O–H groups in total. The zero-order valence-corrected chi connectivity index (χ0v) is 14.7. The number of amides is 1. The Morgan fingerprint density at radius 1 is 1.22 bits per heavy atom. The second-order valence-electron chi connectivity index (χ2n) is 7.40. The van der Waals surface area contributed by atoms with Gasteiger partial charge < -0.3 is 15.5 Å². The van der Waals surface area contributed by atoms with Crippen molar-refractivity contribution in [3.8, 4) is 0 Å². The Hall–Kier alpha value is -1.26. The molecular weight excluding hydrogens is 310 g/mol. The lowest BCUT2D eigenvalue weighted by molar-refractivity contribution is -0.137. The number of hydrogen-bond donors (Lipinski definition) is 1. The minimum Gasteiger partial charge on any atom is -0.363 e. The molecule has 0 spiro atoms. The van der Waals surface area contributed by atoms with Crippen LogP contribution in [0.25, 0.3) is 0 Å². The van der Waals surface area contributed by atoms with Crippen LogP contribution in [0.3, 0.4) is 0 Å². The van der Waals surface area contributed by atoms with Crippen molar-refractivity contribution in [3.05, 3.63) is 29.3 Å². The lowest BCUT2D eigenvalue weighted by Gasteiger charge is -2.49. The van der Waals surface area contributed by atoms with Crippen LogP contribution < -0.4 is 10.6 Å². The standard InChI is InChI=1S/C18H26ClN3O/c1-18(2)12-21(17(23)15-4-3-5-16(15)20)10-11-22(18)14-8-6-13(19)7-9-14/h6-9,15-16H,3-5,10-12,20H2,1-2H3/t15-,16-/m0/s1. The van der Waals surface area contributed by atoms with Crippen LogP contribution in [-0.2, 0) is 4.79 Å². The van der Waals surface area contributed by atoms with Gasteiger partial charge in [-0.1, -0.05) is 18.0 Å². The van der Waals surface area contributed by atoms with Crippen molar-refractivity contribution in [3.63, 3.8) is 0 Å². The van der Waals surface area contributed by atoms with E-state index in [2.05, 4.69) is 30.9 Å². The zero-order valence-electron chi connectivity index (χ0n) is 14.0. The molecule has 2 aliphatic rings. The van der Waals surface area contributed by atoms with E-state index in [0.717, 1.165) is 49.6 Å². The lowest BCUT2D eigenvalue weighted by atomic mass is 9.95. The van der Waals surface area contributed by atoms with E-state index in [-0.39, 0.29) is 23.4 Å². The molecule has 2 atom stereocenters. The number of anilines is 1. The zero-order chi connectivity index (χ0) is 16.6. The van der Waals surface area contributed by atoms with E-state index in [1.807, 2.05) is 17.0 Å². The highest BCUT2D eigenvalue weighted by Crippen LogP contribution is 2.31. The van der Waals surface area contributed by atoms with Crippen LogP contribution in [-0.4, -0.2) is 42.0 Å². The quantitative estimate of drug-likeness (QED) is 0.904. The summed E-state index contributed by atoms with van der Waals surface area (Å²) in [5.74, 6) is 0.270. The van der Waals surface area contributed by atoms with Gasteiger partial charge in [-0.3, -0.25) is 4.79 Å². The van der Waals surface area contributed by atoms with E-state index in [1.165, 1.54) is 0 Å². The van der Waals surface area contributed by atoms with Crippen LogP contribution in [0.1, 0.15) is 33.1 Å². The molecule has 1 heterocycles. The predicted molar refractivity (Wildman–Crippen MR) is 94.8 cm³/mol. The molecule has 1 aromatic rings. The fourth-order valence-electron chi connectivity index (χ4n) is 3.97. The van der Waals surface area contributed by atoms with E-state index in [1.54, 1.807) is 0 Å². The van der Waals surface area contributed by atoms with Gasteiger partial charge in [0.2, 0.25) is 5.91 Å². The molecule has 0 aromatic heterocycles. The summed E-state index contributed by atoms with van der Waals surface area (Å²) in [6.45, 7) is 6.71. The molecule has 0 unspecified atom stereocenters. The Morgan fingerprint density at radius 2 is 1.91 bits per heavy atom. The van der Waals surface area contributed by atoms with E-state index in [0.29, 0.717) is 0 Å². The third-order valence-electron chi connectivity index (χ3n) is 5.24. The highest BCUT2D eigenvalue weighted by Gasteiger charge is 2.40. The number of nitrogens with two attached hydrogens (primary N) is 1. The molecule has 1 aromatic carbocycles. The normalized spacial score (nSPS) is 27.3. The first kappa shape index (κ1) is 16.6. The number of carbonyl (C=O) groups is 1. The molecule has 3 rings (SSSR count). The van der Waals surface area contributed by atoms with Crippen molar-refractivity contribution < 1.29 is 4.79 Å². The summed E-state index contributed by atoms with van der Waals surface area (Å²) in [6.07, 6.45) is 2.99. The number of nitrogens with zero attached hydrogens (tertiary/aromatic N) is 2. The summed E-state index contributed by atoms with van der Waals surface area (Å²) in [7, 11) is 0. The molecule has 4 nitrogen and oxygen atoms in total. The number of hydrogen-bond acceptors (Lipinski definition) is 3. The Morgan fingerprint density at radius 3 is 2.48 bits per heavy atom. The molecule has 5 heteroatoms. The number of rotatable bonds is 2. The monoisotopic (exact) mass is 335 g/mol. The third kappa shape index (κ3) is 3.33. The number of carbonyl (C=O) groups excluding carboxylic acids is 1. The Kier molecular flexibility index (Phi) is 4.56. The van der Waals surface area contributed by atoms with Gasteiger partial charge in [0, 0.05) is 36.4 Å². The van der Waals surface area contributed by atoms with Crippen LogP contribution in [0.15, 0.2) is 24.3 Å². The predicted octanol–water partition coefficient (Wildman–Crippen LogP) is 2.89. The van der Waals surface area contributed by atoms with E-state index < -0.39 is 0 Å². The Bertz CT molecular complexity index is 572. The van der Waals surface area contributed by atoms with Gasteiger partial charge in [-0.2, -0.15) is 0 Å². The smallest absolute Gasteiger partial charge is 0.227 e. The topological polar surface area (TPSA) is 49.6 Å². The maximum Gasteiger partial charge on any atom is 0.227 e. The Labute approximate surface area is 143 Å². The minimum absolute atomic E-state index is 0.0212. The third-order valence-corrected chi connectivity index (χ3v) is 5.49.